The van der Waals surface area contributed by atoms with Crippen LogP contribution in [-0.2, 0) is 6.42 Å². The monoisotopic (exact) mass is 816 g/mol. The summed E-state index contributed by atoms with van der Waals surface area (Å²) in [6, 6.07) is 68.6. The van der Waals surface area contributed by atoms with Gasteiger partial charge in [0.2, 0.25) is 0 Å². The van der Waals surface area contributed by atoms with Crippen LogP contribution in [0, 0.1) is 11.8 Å². The fourth-order valence-electron chi connectivity index (χ4n) is 10.3. The molecule has 10 aromatic rings. The second-order valence-corrected chi connectivity index (χ2v) is 16.9. The molecule has 0 spiro atoms. The standard InChI is InChI=1S/C62H44N2/c1-5-21-45(22-6-1)63(46-23-7-2-8-24-46)61-41-59-51-31-15-13-29-49(51)43(39-57(59)53-33-17-19-35-55(53)61)37-38-44-40-58-54-34-18-20-36-56(54)62(42-60(58)52-32-16-14-30-50(44)52)64(47-25-9-3-10-26-47)48-27-11-4-12-28-48/h1-13,15-27,29,31-36,39-42,48H,14,28,30H2. The van der Waals surface area contributed by atoms with Gasteiger partial charge in [0.1, 0.15) is 0 Å². The van der Waals surface area contributed by atoms with Gasteiger partial charge in [0.05, 0.1) is 17.4 Å². The molecule has 0 radical (unpaired) electrons. The second kappa shape index (κ2) is 16.0. The molecular weight excluding hydrogens is 773 g/mol. The Morgan fingerprint density at radius 2 is 0.906 bits per heavy atom. The Hall–Kier alpha value is -8.12. The Bertz CT molecular complexity index is 3550. The molecule has 0 amide bonds. The molecule has 2 heteroatoms. The van der Waals surface area contributed by atoms with Gasteiger partial charge in [-0.2, -0.15) is 0 Å². The molecule has 2 nitrogen and oxygen atoms in total. The van der Waals surface area contributed by atoms with E-state index in [2.05, 4.69) is 246 Å². The Labute approximate surface area is 374 Å². The lowest BCUT2D eigenvalue weighted by Gasteiger charge is -2.34. The van der Waals surface area contributed by atoms with E-state index >= 15 is 0 Å². The van der Waals surface area contributed by atoms with E-state index in [-0.39, 0.29) is 6.04 Å². The molecule has 64 heavy (non-hydrogen) atoms. The number of rotatable bonds is 6. The van der Waals surface area contributed by atoms with Crippen molar-refractivity contribution in [2.24, 2.45) is 0 Å². The largest absolute Gasteiger partial charge is 0.334 e. The molecule has 0 bridgehead atoms. The van der Waals surface area contributed by atoms with Gasteiger partial charge in [-0.05, 0) is 134 Å². The fourth-order valence-corrected chi connectivity index (χ4v) is 10.3. The zero-order valence-corrected chi connectivity index (χ0v) is 35.5. The van der Waals surface area contributed by atoms with Gasteiger partial charge in [-0.15, -0.1) is 0 Å². The molecule has 2 aliphatic rings. The van der Waals surface area contributed by atoms with E-state index in [0.717, 1.165) is 52.8 Å². The Balaban J connectivity index is 1.06. The zero-order valence-electron chi connectivity index (χ0n) is 35.5. The van der Waals surface area contributed by atoms with Crippen LogP contribution in [0.2, 0.25) is 0 Å². The predicted molar refractivity (Wildman–Crippen MR) is 274 cm³/mol. The molecule has 302 valence electrons. The van der Waals surface area contributed by atoms with Gasteiger partial charge in [0.15, 0.2) is 0 Å². The molecule has 0 saturated heterocycles. The lowest BCUT2D eigenvalue weighted by atomic mass is 9.85. The summed E-state index contributed by atoms with van der Waals surface area (Å²) >= 11 is 0. The Kier molecular flexibility index (Phi) is 9.39. The van der Waals surface area contributed by atoms with Crippen molar-refractivity contribution < 1.29 is 0 Å². The van der Waals surface area contributed by atoms with Crippen molar-refractivity contribution in [3.05, 3.63) is 241 Å². The van der Waals surface area contributed by atoms with Crippen LogP contribution < -0.4 is 9.80 Å². The van der Waals surface area contributed by atoms with E-state index in [4.69, 9.17) is 0 Å². The van der Waals surface area contributed by atoms with Crippen molar-refractivity contribution in [2.45, 2.75) is 25.3 Å². The first-order chi connectivity index (χ1) is 31.8. The van der Waals surface area contributed by atoms with Gasteiger partial charge in [-0.3, -0.25) is 0 Å². The summed E-state index contributed by atoms with van der Waals surface area (Å²) in [5, 5.41) is 12.2. The summed E-state index contributed by atoms with van der Waals surface area (Å²) in [6.45, 7) is 0. The number of hydrogen-bond donors (Lipinski definition) is 0. The zero-order chi connectivity index (χ0) is 42.4. The summed E-state index contributed by atoms with van der Waals surface area (Å²) in [7, 11) is 0. The number of nitrogens with zero attached hydrogens (tertiary/aromatic N) is 2. The lowest BCUT2D eigenvalue weighted by Crippen LogP contribution is -2.30. The minimum Gasteiger partial charge on any atom is -0.334 e. The average Bonchev–Trinajstić information content (AvgIpc) is 3.37. The third-order valence-electron chi connectivity index (χ3n) is 13.2. The van der Waals surface area contributed by atoms with Crippen molar-refractivity contribution in [1.29, 1.82) is 0 Å². The molecule has 0 aliphatic heterocycles. The Morgan fingerprint density at radius 3 is 1.55 bits per heavy atom. The van der Waals surface area contributed by atoms with E-state index in [1.807, 2.05) is 0 Å². The minimum absolute atomic E-state index is 0.205. The third-order valence-corrected chi connectivity index (χ3v) is 13.2. The van der Waals surface area contributed by atoms with E-state index in [1.165, 1.54) is 71.0 Å². The minimum atomic E-state index is 0.205. The summed E-state index contributed by atoms with van der Waals surface area (Å²) in [5.74, 6) is 7.62. The number of allylic oxidation sites excluding steroid dienone is 3. The molecule has 0 heterocycles. The van der Waals surface area contributed by atoms with Gasteiger partial charge < -0.3 is 9.80 Å². The average molecular weight is 817 g/mol. The van der Waals surface area contributed by atoms with Gasteiger partial charge in [0.25, 0.3) is 0 Å². The smallest absolute Gasteiger partial charge is 0.0560 e. The van der Waals surface area contributed by atoms with E-state index < -0.39 is 0 Å². The number of benzene rings is 10. The third kappa shape index (κ3) is 6.45. The van der Waals surface area contributed by atoms with Gasteiger partial charge in [-0.25, -0.2) is 0 Å². The fraction of sp³-hybridized carbons (Fsp3) is 0.0645. The van der Waals surface area contributed by atoms with Crippen molar-refractivity contribution in [3.8, 4) is 11.8 Å². The maximum atomic E-state index is 3.82. The highest BCUT2D eigenvalue weighted by Crippen LogP contribution is 2.45. The predicted octanol–water partition coefficient (Wildman–Crippen LogP) is 16.3. The van der Waals surface area contributed by atoms with Crippen LogP contribution in [0.1, 0.15) is 35.1 Å². The molecular formula is C62H44N2. The van der Waals surface area contributed by atoms with Gasteiger partial charge in [0, 0.05) is 39.0 Å². The van der Waals surface area contributed by atoms with Crippen LogP contribution in [0.3, 0.4) is 0 Å². The van der Waals surface area contributed by atoms with Crippen molar-refractivity contribution in [2.75, 3.05) is 9.80 Å². The highest BCUT2D eigenvalue weighted by molar-refractivity contribution is 6.23. The number of para-hydroxylation sites is 3. The Morgan fingerprint density at radius 1 is 0.406 bits per heavy atom. The van der Waals surface area contributed by atoms with Crippen LogP contribution in [0.15, 0.2) is 218 Å². The lowest BCUT2D eigenvalue weighted by molar-refractivity contribution is 0.788. The van der Waals surface area contributed by atoms with Crippen LogP contribution >= 0.6 is 0 Å². The number of anilines is 5. The summed E-state index contributed by atoms with van der Waals surface area (Å²) in [6.07, 6.45) is 16.6. The SMILES string of the molecule is C(#Cc1cc2c3ccccc3c(N(c3ccccc3)c3ccccc3)cc2c2ccccc12)c1cc2c(cc(N(c3ccccc3)C3C=CC=CC3)c3ccccc32)c2c1CCC=C2. The number of hydrogen-bond acceptors (Lipinski definition) is 2. The summed E-state index contributed by atoms with van der Waals surface area (Å²) in [4.78, 5) is 4.92. The van der Waals surface area contributed by atoms with Crippen LogP contribution in [0.5, 0.6) is 0 Å². The van der Waals surface area contributed by atoms with Gasteiger partial charge in [-0.1, -0.05) is 176 Å². The summed E-state index contributed by atoms with van der Waals surface area (Å²) < 4.78 is 0. The van der Waals surface area contributed by atoms with E-state index in [1.54, 1.807) is 0 Å². The maximum Gasteiger partial charge on any atom is 0.0560 e. The first kappa shape index (κ1) is 37.6. The van der Waals surface area contributed by atoms with Crippen molar-refractivity contribution >= 4 is 88.4 Å². The summed E-state index contributed by atoms with van der Waals surface area (Å²) in [5.41, 5.74) is 10.6. The highest BCUT2D eigenvalue weighted by atomic mass is 15.2. The molecule has 0 aromatic heterocycles. The molecule has 10 aromatic carbocycles. The molecule has 0 fully saturated rings. The topological polar surface area (TPSA) is 6.48 Å². The molecule has 0 saturated carbocycles. The van der Waals surface area contributed by atoms with Crippen molar-refractivity contribution in [3.63, 3.8) is 0 Å². The van der Waals surface area contributed by atoms with Crippen LogP contribution in [0.4, 0.5) is 28.4 Å². The molecule has 12 rings (SSSR count). The first-order valence-electron chi connectivity index (χ1n) is 22.4. The van der Waals surface area contributed by atoms with Gasteiger partial charge >= 0.3 is 0 Å². The van der Waals surface area contributed by atoms with E-state index in [0.29, 0.717) is 0 Å². The number of fused-ring (bicyclic) bond motifs is 10. The second-order valence-electron chi connectivity index (χ2n) is 16.9. The normalized spacial score (nSPS) is 14.2. The molecule has 1 unspecified atom stereocenters. The van der Waals surface area contributed by atoms with Crippen LogP contribution in [-0.4, -0.2) is 6.04 Å². The maximum absolute atomic E-state index is 3.82. The quantitative estimate of drug-likeness (QED) is 0.122. The van der Waals surface area contributed by atoms with Crippen LogP contribution in [0.25, 0.3) is 59.9 Å². The van der Waals surface area contributed by atoms with Crippen molar-refractivity contribution in [1.82, 2.24) is 0 Å². The molecule has 2 aliphatic carbocycles. The molecule has 1 atom stereocenters. The first-order valence-corrected chi connectivity index (χ1v) is 22.4. The van der Waals surface area contributed by atoms with E-state index in [9.17, 15) is 0 Å². The highest BCUT2D eigenvalue weighted by Gasteiger charge is 2.24. The molecule has 0 N–H and O–H groups in total.